The van der Waals surface area contributed by atoms with Crippen LogP contribution in [0.5, 0.6) is 5.75 Å². The lowest BCUT2D eigenvalue weighted by Gasteiger charge is -2.10. The third-order valence-corrected chi connectivity index (χ3v) is 2.89. The van der Waals surface area contributed by atoms with E-state index in [-0.39, 0.29) is 11.6 Å². The van der Waals surface area contributed by atoms with Crippen LogP contribution in [0.15, 0.2) is 36.4 Å². The molecule has 0 saturated heterocycles. The van der Waals surface area contributed by atoms with Crippen molar-refractivity contribution < 1.29 is 13.5 Å². The molecule has 2 rings (SSSR count). The Hall–Kier alpha value is -2.10. The zero-order chi connectivity index (χ0) is 13.8. The summed E-state index contributed by atoms with van der Waals surface area (Å²) in [6.45, 7) is 2.29. The van der Waals surface area contributed by atoms with Crippen molar-refractivity contribution >= 4 is 5.69 Å². The smallest absolute Gasteiger partial charge is 0.165 e. The molecule has 0 unspecified atom stereocenters. The number of benzene rings is 2. The Bertz CT molecular complexity index is 584. The van der Waals surface area contributed by atoms with Crippen LogP contribution in [0, 0.1) is 18.6 Å². The van der Waals surface area contributed by atoms with E-state index in [1.54, 1.807) is 18.2 Å². The third-order valence-electron chi connectivity index (χ3n) is 2.89. The van der Waals surface area contributed by atoms with Crippen molar-refractivity contribution in [2.75, 3.05) is 12.4 Å². The highest BCUT2D eigenvalue weighted by Gasteiger charge is 2.04. The van der Waals surface area contributed by atoms with E-state index in [9.17, 15) is 8.78 Å². The van der Waals surface area contributed by atoms with Crippen molar-refractivity contribution in [1.29, 1.82) is 0 Å². The second-order valence-electron chi connectivity index (χ2n) is 4.28. The fourth-order valence-electron chi connectivity index (χ4n) is 1.84. The van der Waals surface area contributed by atoms with E-state index in [0.717, 1.165) is 16.8 Å². The highest BCUT2D eigenvalue weighted by atomic mass is 19.1. The molecule has 2 aromatic rings. The topological polar surface area (TPSA) is 21.3 Å². The lowest BCUT2D eigenvalue weighted by atomic mass is 10.1. The largest absolute Gasteiger partial charge is 0.494 e. The molecule has 0 aliphatic rings. The Labute approximate surface area is 111 Å². The van der Waals surface area contributed by atoms with E-state index in [2.05, 4.69) is 5.32 Å². The van der Waals surface area contributed by atoms with Crippen molar-refractivity contribution in [3.05, 3.63) is 59.2 Å². The summed E-state index contributed by atoms with van der Waals surface area (Å²) in [5.41, 5.74) is 2.44. The zero-order valence-corrected chi connectivity index (χ0v) is 10.8. The lowest BCUT2D eigenvalue weighted by Crippen LogP contribution is -2.02. The van der Waals surface area contributed by atoms with Gasteiger partial charge in [0.2, 0.25) is 0 Å². The normalized spacial score (nSPS) is 10.3. The molecule has 4 heteroatoms. The molecule has 0 spiro atoms. The minimum absolute atomic E-state index is 0.224. The summed E-state index contributed by atoms with van der Waals surface area (Å²) in [6, 6.07) is 9.31. The Morgan fingerprint density at radius 2 is 1.89 bits per heavy atom. The molecule has 1 N–H and O–H groups in total. The van der Waals surface area contributed by atoms with Crippen molar-refractivity contribution in [3.8, 4) is 5.75 Å². The first-order valence-corrected chi connectivity index (χ1v) is 5.92. The Morgan fingerprint density at radius 3 is 2.53 bits per heavy atom. The lowest BCUT2D eigenvalue weighted by molar-refractivity contribution is 0.386. The molecule has 0 aliphatic heterocycles. The van der Waals surface area contributed by atoms with Gasteiger partial charge in [-0.25, -0.2) is 8.78 Å². The van der Waals surface area contributed by atoms with Gasteiger partial charge < -0.3 is 10.1 Å². The van der Waals surface area contributed by atoms with Crippen molar-refractivity contribution in [2.45, 2.75) is 13.5 Å². The summed E-state index contributed by atoms with van der Waals surface area (Å²) in [5, 5.41) is 3.15. The number of methoxy groups -OCH3 is 1. The van der Waals surface area contributed by atoms with Gasteiger partial charge in [0.15, 0.2) is 11.6 Å². The summed E-state index contributed by atoms with van der Waals surface area (Å²) in [5.74, 6) is -0.433. The Balaban J connectivity index is 2.08. The van der Waals surface area contributed by atoms with Gasteiger partial charge in [-0.2, -0.15) is 0 Å². The first-order chi connectivity index (χ1) is 9.10. The highest BCUT2D eigenvalue weighted by Crippen LogP contribution is 2.20. The van der Waals surface area contributed by atoms with Gasteiger partial charge in [-0.05, 0) is 48.4 Å². The van der Waals surface area contributed by atoms with E-state index < -0.39 is 5.82 Å². The Kier molecular flexibility index (Phi) is 4.00. The van der Waals surface area contributed by atoms with Gasteiger partial charge in [-0.3, -0.25) is 0 Å². The summed E-state index contributed by atoms with van der Waals surface area (Å²) < 4.78 is 31.3. The van der Waals surface area contributed by atoms with E-state index in [1.807, 2.05) is 6.92 Å². The predicted molar refractivity (Wildman–Crippen MR) is 71.4 cm³/mol. The van der Waals surface area contributed by atoms with Gasteiger partial charge in [0.1, 0.15) is 5.82 Å². The average Bonchev–Trinajstić information content (AvgIpc) is 2.38. The monoisotopic (exact) mass is 263 g/mol. The number of nitrogens with one attached hydrogen (secondary N) is 1. The average molecular weight is 263 g/mol. The molecule has 0 fully saturated rings. The van der Waals surface area contributed by atoms with E-state index in [4.69, 9.17) is 4.74 Å². The molecule has 0 radical (unpaired) electrons. The molecular weight excluding hydrogens is 248 g/mol. The number of hydrogen-bond donors (Lipinski definition) is 1. The molecule has 19 heavy (non-hydrogen) atoms. The second-order valence-corrected chi connectivity index (χ2v) is 4.28. The predicted octanol–water partition coefficient (Wildman–Crippen LogP) is 3.89. The van der Waals surface area contributed by atoms with Crippen LogP contribution >= 0.6 is 0 Å². The van der Waals surface area contributed by atoms with Crippen molar-refractivity contribution in [2.24, 2.45) is 0 Å². The molecule has 2 nitrogen and oxygen atoms in total. The highest BCUT2D eigenvalue weighted by molar-refractivity contribution is 5.51. The fourth-order valence-corrected chi connectivity index (χ4v) is 1.84. The third kappa shape index (κ3) is 3.22. The molecule has 0 aliphatic carbocycles. The molecule has 0 bridgehead atoms. The van der Waals surface area contributed by atoms with Crippen LogP contribution in [0.25, 0.3) is 0 Å². The zero-order valence-electron chi connectivity index (χ0n) is 10.8. The van der Waals surface area contributed by atoms with Crippen molar-refractivity contribution in [3.63, 3.8) is 0 Å². The maximum atomic E-state index is 13.5. The second kappa shape index (κ2) is 5.69. The quantitative estimate of drug-likeness (QED) is 0.903. The van der Waals surface area contributed by atoms with Gasteiger partial charge >= 0.3 is 0 Å². The molecule has 0 amide bonds. The summed E-state index contributed by atoms with van der Waals surface area (Å²) in [7, 11) is 1.43. The SMILES string of the molecule is COc1ccc(CNc2ccc(F)cc2C)cc1F. The van der Waals surface area contributed by atoms with Crippen LogP contribution in [-0.4, -0.2) is 7.11 Å². The number of rotatable bonds is 4. The first kappa shape index (κ1) is 13.3. The van der Waals surface area contributed by atoms with E-state index in [1.165, 1.54) is 25.3 Å². The van der Waals surface area contributed by atoms with Crippen LogP contribution in [0.2, 0.25) is 0 Å². The molecule has 2 aromatic carbocycles. The maximum Gasteiger partial charge on any atom is 0.165 e. The minimum Gasteiger partial charge on any atom is -0.494 e. The maximum absolute atomic E-state index is 13.5. The van der Waals surface area contributed by atoms with Gasteiger partial charge in [0, 0.05) is 12.2 Å². The molecular formula is C15H15F2NO. The van der Waals surface area contributed by atoms with Gasteiger partial charge in [0.05, 0.1) is 7.11 Å². The molecule has 0 heterocycles. The minimum atomic E-state index is -0.391. The van der Waals surface area contributed by atoms with Gasteiger partial charge in [0.25, 0.3) is 0 Å². The number of hydrogen-bond acceptors (Lipinski definition) is 2. The number of halogens is 2. The van der Waals surface area contributed by atoms with Crippen LogP contribution < -0.4 is 10.1 Å². The van der Waals surface area contributed by atoms with Crippen LogP contribution in [0.3, 0.4) is 0 Å². The summed E-state index contributed by atoms with van der Waals surface area (Å²) in [6.07, 6.45) is 0. The summed E-state index contributed by atoms with van der Waals surface area (Å²) >= 11 is 0. The fraction of sp³-hybridized carbons (Fsp3) is 0.200. The van der Waals surface area contributed by atoms with Crippen LogP contribution in [0.1, 0.15) is 11.1 Å². The summed E-state index contributed by atoms with van der Waals surface area (Å²) in [4.78, 5) is 0. The number of ether oxygens (including phenoxy) is 1. The van der Waals surface area contributed by atoms with Gasteiger partial charge in [-0.1, -0.05) is 6.07 Å². The number of anilines is 1. The number of aryl methyl sites for hydroxylation is 1. The molecule has 0 saturated carbocycles. The molecule has 0 aromatic heterocycles. The van der Waals surface area contributed by atoms with E-state index >= 15 is 0 Å². The van der Waals surface area contributed by atoms with Crippen LogP contribution in [-0.2, 0) is 6.54 Å². The Morgan fingerprint density at radius 1 is 1.11 bits per heavy atom. The molecule has 100 valence electrons. The van der Waals surface area contributed by atoms with Crippen LogP contribution in [0.4, 0.5) is 14.5 Å². The standard InChI is InChI=1S/C15H15F2NO/c1-10-7-12(16)4-5-14(10)18-9-11-3-6-15(19-2)13(17)8-11/h3-8,18H,9H2,1-2H3. The van der Waals surface area contributed by atoms with Gasteiger partial charge in [-0.15, -0.1) is 0 Å². The molecule has 0 atom stereocenters. The first-order valence-electron chi connectivity index (χ1n) is 5.92. The van der Waals surface area contributed by atoms with Crippen molar-refractivity contribution in [1.82, 2.24) is 0 Å². The van der Waals surface area contributed by atoms with E-state index in [0.29, 0.717) is 6.54 Å².